The Morgan fingerprint density at radius 3 is 2.37 bits per heavy atom. The number of amides is 1. The van der Waals surface area contributed by atoms with Crippen LogP contribution in [-0.2, 0) is 41.7 Å². The lowest BCUT2D eigenvalue weighted by Crippen LogP contribution is -2.44. The van der Waals surface area contributed by atoms with Crippen LogP contribution < -0.4 is 5.32 Å². The smallest absolute Gasteiger partial charge is 0.303 e. The number of benzene rings is 3. The number of hydrogen-bond donors (Lipinski definition) is 2. The number of morpholine rings is 1. The first-order valence-electron chi connectivity index (χ1n) is 14.8. The molecule has 0 aromatic heterocycles. The van der Waals surface area contributed by atoms with Gasteiger partial charge >= 0.3 is 5.97 Å². The molecule has 0 aliphatic carbocycles. The van der Waals surface area contributed by atoms with Crippen LogP contribution in [-0.4, -0.2) is 66.9 Å². The molecular weight excluding hydrogens is 548 g/mol. The van der Waals surface area contributed by atoms with Gasteiger partial charge in [0.15, 0.2) is 12.4 Å². The minimum Gasteiger partial charge on any atom is -0.453 e. The predicted octanol–water partition coefficient (Wildman–Crippen LogP) is 4.29. The number of rotatable bonds is 10. The Bertz CT molecular complexity index is 1360. The molecular formula is C34H40N2O7. The highest BCUT2D eigenvalue weighted by molar-refractivity contribution is 5.82. The number of nitrogens with zero attached hydrogens (tertiary/aromatic N) is 1. The van der Waals surface area contributed by atoms with Crippen molar-refractivity contribution in [2.45, 2.75) is 58.0 Å². The number of hydrogen-bond acceptors (Lipinski definition) is 8. The van der Waals surface area contributed by atoms with Crippen molar-refractivity contribution in [3.8, 4) is 11.1 Å². The van der Waals surface area contributed by atoms with E-state index in [-0.39, 0.29) is 24.7 Å². The van der Waals surface area contributed by atoms with Crippen molar-refractivity contribution >= 4 is 11.9 Å². The largest absolute Gasteiger partial charge is 0.453 e. The highest BCUT2D eigenvalue weighted by Crippen LogP contribution is 2.38. The Morgan fingerprint density at radius 1 is 0.953 bits per heavy atom. The third kappa shape index (κ3) is 8.49. The van der Waals surface area contributed by atoms with Crippen molar-refractivity contribution in [2.75, 3.05) is 32.8 Å². The summed E-state index contributed by atoms with van der Waals surface area (Å²) in [6, 6.07) is 24.1. The van der Waals surface area contributed by atoms with Gasteiger partial charge in [0.05, 0.1) is 32.0 Å². The van der Waals surface area contributed by atoms with Gasteiger partial charge in [-0.1, -0.05) is 66.7 Å². The molecule has 228 valence electrons. The number of aliphatic hydroxyl groups is 1. The van der Waals surface area contributed by atoms with Crippen LogP contribution in [0.3, 0.4) is 0 Å². The molecule has 2 saturated heterocycles. The Balaban J connectivity index is 1.28. The Kier molecular flexibility index (Phi) is 10.6. The first kappa shape index (κ1) is 30.8. The van der Waals surface area contributed by atoms with Crippen molar-refractivity contribution in [2.24, 2.45) is 0 Å². The van der Waals surface area contributed by atoms with Crippen LogP contribution in [0.4, 0.5) is 0 Å². The van der Waals surface area contributed by atoms with Crippen LogP contribution in [0.5, 0.6) is 0 Å². The van der Waals surface area contributed by atoms with E-state index in [2.05, 4.69) is 22.3 Å². The summed E-state index contributed by atoms with van der Waals surface area (Å²) in [4.78, 5) is 25.8. The second-order valence-electron chi connectivity index (χ2n) is 11.1. The van der Waals surface area contributed by atoms with Gasteiger partial charge in [-0.2, -0.15) is 0 Å². The lowest BCUT2D eigenvalue weighted by atomic mass is 9.99. The Hall–Kier alpha value is -3.60. The highest BCUT2D eigenvalue weighted by atomic mass is 16.7. The molecule has 9 nitrogen and oxygen atoms in total. The number of carbonyl (C=O) groups excluding carboxylic acids is 2. The predicted molar refractivity (Wildman–Crippen MR) is 161 cm³/mol. The number of aliphatic hydroxyl groups excluding tert-OH is 1. The second kappa shape index (κ2) is 14.7. The first-order valence-corrected chi connectivity index (χ1v) is 14.8. The van der Waals surface area contributed by atoms with Crippen molar-refractivity contribution < 1.29 is 33.6 Å². The average molecular weight is 589 g/mol. The molecule has 43 heavy (non-hydrogen) atoms. The van der Waals surface area contributed by atoms with Crippen molar-refractivity contribution in [1.82, 2.24) is 10.2 Å². The summed E-state index contributed by atoms with van der Waals surface area (Å²) in [6.07, 6.45) is -0.752. The zero-order valence-corrected chi connectivity index (χ0v) is 24.7. The van der Waals surface area contributed by atoms with E-state index in [0.29, 0.717) is 6.54 Å². The van der Waals surface area contributed by atoms with Gasteiger partial charge in [-0.05, 0) is 40.8 Å². The molecule has 0 spiro atoms. The van der Waals surface area contributed by atoms with E-state index in [0.717, 1.165) is 72.6 Å². The summed E-state index contributed by atoms with van der Waals surface area (Å²) < 4.78 is 23.5. The molecule has 0 saturated carbocycles. The summed E-state index contributed by atoms with van der Waals surface area (Å²) in [5.41, 5.74) is 5.86. The van der Waals surface area contributed by atoms with Gasteiger partial charge in [0.1, 0.15) is 0 Å². The molecule has 2 fully saturated rings. The maximum atomic E-state index is 12.2. The zero-order valence-electron chi connectivity index (χ0n) is 24.7. The van der Waals surface area contributed by atoms with E-state index in [9.17, 15) is 14.7 Å². The number of ether oxygens (including phenoxy) is 4. The van der Waals surface area contributed by atoms with Gasteiger partial charge in [0.2, 0.25) is 0 Å². The minimum absolute atomic E-state index is 0.00509. The minimum atomic E-state index is -0.842. The normalized spacial score (nSPS) is 21.6. The lowest BCUT2D eigenvalue weighted by Gasteiger charge is -2.39. The molecule has 2 aliphatic heterocycles. The SMILES string of the molecule is CC(=O)O[C@@H](C)C(=O)NCc1cccc(-c2ccc([C@H]3O[C@@H](CN4CCOCC4)C[C@@H](c4ccc(CO)cc4)O3)cc2)c1. The van der Waals surface area contributed by atoms with Gasteiger partial charge < -0.3 is 29.4 Å². The highest BCUT2D eigenvalue weighted by Gasteiger charge is 2.33. The van der Waals surface area contributed by atoms with Crippen molar-refractivity contribution in [3.63, 3.8) is 0 Å². The van der Waals surface area contributed by atoms with Crippen LogP contribution in [0.15, 0.2) is 72.8 Å². The van der Waals surface area contributed by atoms with Crippen LogP contribution in [0.25, 0.3) is 11.1 Å². The third-order valence-electron chi connectivity index (χ3n) is 7.80. The fraction of sp³-hybridized carbons (Fsp3) is 0.412. The van der Waals surface area contributed by atoms with Crippen molar-refractivity contribution in [3.05, 3.63) is 95.1 Å². The molecule has 5 rings (SSSR count). The molecule has 2 heterocycles. The van der Waals surface area contributed by atoms with E-state index in [1.54, 1.807) is 6.92 Å². The van der Waals surface area contributed by atoms with Gasteiger partial charge in [0, 0.05) is 45.1 Å². The average Bonchev–Trinajstić information content (AvgIpc) is 3.04. The molecule has 2 aliphatic rings. The fourth-order valence-corrected chi connectivity index (χ4v) is 5.43. The summed E-state index contributed by atoms with van der Waals surface area (Å²) in [5.74, 6) is -0.830. The molecule has 4 atom stereocenters. The van der Waals surface area contributed by atoms with Gasteiger partial charge in [-0.25, -0.2) is 0 Å². The monoisotopic (exact) mass is 588 g/mol. The maximum Gasteiger partial charge on any atom is 0.303 e. The second-order valence-corrected chi connectivity index (χ2v) is 11.1. The zero-order chi connectivity index (χ0) is 30.2. The third-order valence-corrected chi connectivity index (χ3v) is 7.80. The van der Waals surface area contributed by atoms with Gasteiger partial charge in [-0.15, -0.1) is 0 Å². The van der Waals surface area contributed by atoms with E-state index >= 15 is 0 Å². The van der Waals surface area contributed by atoms with Crippen LogP contribution in [0.1, 0.15) is 54.9 Å². The first-order chi connectivity index (χ1) is 20.9. The molecule has 2 N–H and O–H groups in total. The van der Waals surface area contributed by atoms with E-state index < -0.39 is 18.4 Å². The molecule has 9 heteroatoms. The Morgan fingerprint density at radius 2 is 1.67 bits per heavy atom. The molecule has 0 bridgehead atoms. The van der Waals surface area contributed by atoms with E-state index in [1.807, 2.05) is 60.7 Å². The van der Waals surface area contributed by atoms with E-state index in [4.69, 9.17) is 18.9 Å². The van der Waals surface area contributed by atoms with Gasteiger partial charge in [0.25, 0.3) is 5.91 Å². The van der Waals surface area contributed by atoms with Crippen LogP contribution in [0, 0.1) is 0 Å². The summed E-state index contributed by atoms with van der Waals surface area (Å²) >= 11 is 0. The molecule has 1 amide bonds. The number of nitrogens with one attached hydrogen (secondary N) is 1. The summed E-state index contributed by atoms with van der Waals surface area (Å²) in [7, 11) is 0. The number of carbonyl (C=O) groups is 2. The quantitative estimate of drug-likeness (QED) is 0.338. The summed E-state index contributed by atoms with van der Waals surface area (Å²) in [6.45, 7) is 7.24. The lowest BCUT2D eigenvalue weighted by molar-refractivity contribution is -0.253. The number of esters is 1. The fourth-order valence-electron chi connectivity index (χ4n) is 5.43. The summed E-state index contributed by atoms with van der Waals surface area (Å²) in [5, 5.41) is 12.3. The topological polar surface area (TPSA) is 107 Å². The van der Waals surface area contributed by atoms with E-state index in [1.165, 1.54) is 6.92 Å². The van der Waals surface area contributed by atoms with Gasteiger partial charge in [-0.3, -0.25) is 14.5 Å². The molecule has 0 radical (unpaired) electrons. The standard InChI is InChI=1S/C34H40N2O7/c1-23(41-24(2)38)33(39)35-20-26-4-3-5-30(18-26)27-10-12-29(13-11-27)34-42-31(21-36-14-16-40-17-15-36)19-32(43-34)28-8-6-25(22-37)7-9-28/h3-13,18,23,31-32,34,37H,14-17,19-22H2,1-2H3,(H,35,39)/t23-,31+,32-,34-/m0/s1. The molecule has 3 aromatic carbocycles. The molecule has 3 aromatic rings. The Labute approximate surface area is 252 Å². The van der Waals surface area contributed by atoms with Crippen molar-refractivity contribution in [1.29, 1.82) is 0 Å². The van der Waals surface area contributed by atoms with Crippen LogP contribution >= 0.6 is 0 Å². The molecule has 0 unspecified atom stereocenters. The maximum absolute atomic E-state index is 12.2. The van der Waals surface area contributed by atoms with Crippen LogP contribution in [0.2, 0.25) is 0 Å².